The van der Waals surface area contributed by atoms with Gasteiger partial charge in [0, 0.05) is 29.7 Å². The number of fused-ring (bicyclic) bond motifs is 3. The summed E-state index contributed by atoms with van der Waals surface area (Å²) in [6, 6.07) is 4.16. The number of likely N-dealkylation sites (N-methyl/N-ethyl adjacent to an activating group) is 1. The first-order valence-electron chi connectivity index (χ1n) is 9.25. The van der Waals surface area contributed by atoms with Crippen molar-refractivity contribution in [3.8, 4) is 11.6 Å². The highest BCUT2D eigenvalue weighted by Crippen LogP contribution is 2.37. The van der Waals surface area contributed by atoms with Gasteiger partial charge in [-0.05, 0) is 44.6 Å². The topological polar surface area (TPSA) is 72.4 Å². The monoisotopic (exact) mass is 402 g/mol. The maximum Gasteiger partial charge on any atom is 0.417 e. The van der Waals surface area contributed by atoms with Gasteiger partial charge in [0.1, 0.15) is 17.0 Å². The molecule has 0 spiro atoms. The van der Waals surface area contributed by atoms with Crippen LogP contribution >= 0.6 is 0 Å². The molecule has 5 rings (SSSR count). The van der Waals surface area contributed by atoms with E-state index in [2.05, 4.69) is 25.1 Å². The van der Waals surface area contributed by atoms with Crippen molar-refractivity contribution in [2.24, 2.45) is 0 Å². The Morgan fingerprint density at radius 3 is 2.79 bits per heavy atom. The van der Waals surface area contributed by atoms with Crippen LogP contribution in [0.15, 0.2) is 35.2 Å². The van der Waals surface area contributed by atoms with Crippen molar-refractivity contribution < 1.29 is 17.6 Å². The van der Waals surface area contributed by atoms with Crippen LogP contribution in [0.5, 0.6) is 0 Å². The molecule has 1 unspecified atom stereocenters. The molecule has 0 bridgehead atoms. The minimum absolute atomic E-state index is 0.0346. The third-order valence-corrected chi connectivity index (χ3v) is 5.35. The van der Waals surface area contributed by atoms with Gasteiger partial charge in [0.25, 0.3) is 5.89 Å². The number of piperidine rings is 1. The molecule has 0 N–H and O–H groups in total. The van der Waals surface area contributed by atoms with Crippen LogP contribution in [-0.2, 0) is 6.18 Å². The average Bonchev–Trinajstić information content (AvgIpc) is 3.35. The van der Waals surface area contributed by atoms with Crippen LogP contribution in [0.2, 0.25) is 0 Å². The first-order valence-corrected chi connectivity index (χ1v) is 9.25. The Bertz CT molecular complexity index is 1180. The summed E-state index contributed by atoms with van der Waals surface area (Å²) in [7, 11) is 1.97. The Kier molecular flexibility index (Phi) is 4.05. The highest BCUT2D eigenvalue weighted by atomic mass is 19.4. The Morgan fingerprint density at radius 2 is 2.07 bits per heavy atom. The molecule has 0 radical (unpaired) electrons. The number of imidazole rings is 1. The lowest BCUT2D eigenvalue weighted by molar-refractivity contribution is -0.136. The average molecular weight is 402 g/mol. The lowest BCUT2D eigenvalue weighted by Crippen LogP contribution is -2.31. The molecule has 0 amide bonds. The Labute approximate surface area is 163 Å². The van der Waals surface area contributed by atoms with Gasteiger partial charge in [0.05, 0.1) is 5.56 Å². The van der Waals surface area contributed by atoms with E-state index in [1.165, 1.54) is 24.6 Å². The van der Waals surface area contributed by atoms with Gasteiger partial charge < -0.3 is 9.32 Å². The van der Waals surface area contributed by atoms with Crippen LogP contribution in [0.1, 0.15) is 30.0 Å². The van der Waals surface area contributed by atoms with Gasteiger partial charge in [-0.15, -0.1) is 10.2 Å². The van der Waals surface area contributed by atoms with Crippen LogP contribution in [0.3, 0.4) is 0 Å². The van der Waals surface area contributed by atoms with Gasteiger partial charge in [-0.1, -0.05) is 0 Å². The standard InChI is InChI=1S/C19H17F3N6O/c1-27-6-2-3-11(8-27)14-7-13(19(20,21)22)12-4-5-16-24-15(18-26-23-10-29-18)9-28(16)17(12)25-14/h4-5,7,9-11H,2-3,6,8H2,1H3. The number of alkyl halides is 3. The molecule has 0 saturated carbocycles. The fourth-order valence-corrected chi connectivity index (χ4v) is 3.99. The molecule has 10 heteroatoms. The van der Waals surface area contributed by atoms with Crippen molar-refractivity contribution in [1.82, 2.24) is 29.5 Å². The van der Waals surface area contributed by atoms with E-state index < -0.39 is 11.7 Å². The van der Waals surface area contributed by atoms with Crippen molar-refractivity contribution in [2.45, 2.75) is 24.9 Å². The summed E-state index contributed by atoms with van der Waals surface area (Å²) in [5.74, 6) is 0.149. The zero-order chi connectivity index (χ0) is 20.2. The van der Waals surface area contributed by atoms with Crippen molar-refractivity contribution in [3.05, 3.63) is 42.0 Å². The number of rotatable bonds is 2. The number of likely N-dealkylation sites (tertiary alicyclic amines) is 1. The lowest BCUT2D eigenvalue weighted by Gasteiger charge is -2.29. The Hall–Kier alpha value is -3.01. The molecule has 1 atom stereocenters. The Balaban J connectivity index is 1.75. The first kappa shape index (κ1) is 18.0. The number of pyridine rings is 2. The quantitative estimate of drug-likeness (QED) is 0.508. The molecule has 0 aromatic carbocycles. The zero-order valence-electron chi connectivity index (χ0n) is 15.5. The van der Waals surface area contributed by atoms with E-state index in [0.29, 0.717) is 23.6 Å². The van der Waals surface area contributed by atoms with Gasteiger partial charge in [-0.3, -0.25) is 4.40 Å². The smallest absolute Gasteiger partial charge is 0.417 e. The largest absolute Gasteiger partial charge is 0.422 e. The van der Waals surface area contributed by atoms with E-state index >= 15 is 0 Å². The SMILES string of the molecule is CN1CCCC(c2cc(C(F)(F)F)c3ccc4nc(-c5nnco5)cn4c3n2)C1. The molecule has 29 heavy (non-hydrogen) atoms. The third-order valence-electron chi connectivity index (χ3n) is 5.35. The van der Waals surface area contributed by atoms with Crippen molar-refractivity contribution in [1.29, 1.82) is 0 Å². The van der Waals surface area contributed by atoms with E-state index in [-0.39, 0.29) is 22.8 Å². The summed E-state index contributed by atoms with van der Waals surface area (Å²) in [6.07, 6.45) is 0.0104. The summed E-state index contributed by atoms with van der Waals surface area (Å²) in [4.78, 5) is 11.2. The Morgan fingerprint density at radius 1 is 1.21 bits per heavy atom. The first-order chi connectivity index (χ1) is 13.9. The third kappa shape index (κ3) is 3.13. The fourth-order valence-electron chi connectivity index (χ4n) is 3.99. The van der Waals surface area contributed by atoms with Gasteiger partial charge in [-0.25, -0.2) is 9.97 Å². The maximum atomic E-state index is 13.9. The van der Waals surface area contributed by atoms with Crippen molar-refractivity contribution in [3.63, 3.8) is 0 Å². The molecule has 5 heterocycles. The molecule has 1 aliphatic heterocycles. The summed E-state index contributed by atoms with van der Waals surface area (Å²) in [6.45, 7) is 1.62. The zero-order valence-corrected chi connectivity index (χ0v) is 15.5. The predicted molar refractivity (Wildman–Crippen MR) is 98.3 cm³/mol. The summed E-state index contributed by atoms with van der Waals surface area (Å²) in [5, 5.41) is 7.48. The second-order valence-corrected chi connectivity index (χ2v) is 7.36. The molecular formula is C19H17F3N6O. The normalized spacial score (nSPS) is 18.7. The molecule has 1 fully saturated rings. The van der Waals surface area contributed by atoms with E-state index in [9.17, 15) is 13.2 Å². The van der Waals surface area contributed by atoms with Gasteiger partial charge >= 0.3 is 6.18 Å². The molecule has 4 aromatic heterocycles. The van der Waals surface area contributed by atoms with E-state index in [4.69, 9.17) is 4.42 Å². The van der Waals surface area contributed by atoms with Crippen LogP contribution in [-0.4, -0.2) is 49.6 Å². The maximum absolute atomic E-state index is 13.9. The second-order valence-electron chi connectivity index (χ2n) is 7.36. The van der Waals surface area contributed by atoms with Crippen LogP contribution < -0.4 is 0 Å². The number of hydrogen-bond donors (Lipinski definition) is 0. The second kappa shape index (κ2) is 6.51. The molecule has 1 aliphatic rings. The van der Waals surface area contributed by atoms with Gasteiger partial charge in [-0.2, -0.15) is 13.2 Å². The molecule has 0 aliphatic carbocycles. The number of halogens is 3. The van der Waals surface area contributed by atoms with E-state index in [0.717, 1.165) is 19.4 Å². The molecular weight excluding hydrogens is 385 g/mol. The summed E-state index contributed by atoms with van der Waals surface area (Å²) in [5.41, 5.74) is 0.841. The van der Waals surface area contributed by atoms with Crippen molar-refractivity contribution >= 4 is 16.7 Å². The van der Waals surface area contributed by atoms with Gasteiger partial charge in [0.15, 0.2) is 0 Å². The fraction of sp³-hybridized carbons (Fsp3) is 0.368. The highest BCUT2D eigenvalue weighted by Gasteiger charge is 2.35. The van der Waals surface area contributed by atoms with E-state index in [1.54, 1.807) is 10.6 Å². The molecule has 7 nitrogen and oxygen atoms in total. The number of aromatic nitrogens is 5. The molecule has 1 saturated heterocycles. The van der Waals surface area contributed by atoms with Crippen molar-refractivity contribution in [2.75, 3.05) is 20.1 Å². The minimum Gasteiger partial charge on any atom is -0.422 e. The molecule has 4 aromatic rings. The van der Waals surface area contributed by atoms with Crippen LogP contribution in [0, 0.1) is 0 Å². The highest BCUT2D eigenvalue weighted by molar-refractivity contribution is 5.83. The number of hydrogen-bond acceptors (Lipinski definition) is 6. The lowest BCUT2D eigenvalue weighted by atomic mass is 9.93. The van der Waals surface area contributed by atoms with E-state index in [1.807, 2.05) is 7.05 Å². The molecule has 150 valence electrons. The van der Waals surface area contributed by atoms with Gasteiger partial charge in [0.2, 0.25) is 6.39 Å². The minimum atomic E-state index is -4.49. The summed E-state index contributed by atoms with van der Waals surface area (Å²) < 4.78 is 48.3. The number of nitrogens with zero attached hydrogens (tertiary/aromatic N) is 6. The van der Waals surface area contributed by atoms with Crippen LogP contribution in [0.25, 0.3) is 28.3 Å². The van der Waals surface area contributed by atoms with Crippen LogP contribution in [0.4, 0.5) is 13.2 Å². The summed E-state index contributed by atoms with van der Waals surface area (Å²) >= 11 is 0. The predicted octanol–water partition coefficient (Wildman–Crippen LogP) is 3.76.